The summed E-state index contributed by atoms with van der Waals surface area (Å²) in [7, 11) is 0. The SMILES string of the molecule is Nc1c(F)cc(F)cc1Sc1ccccc1Cl. The van der Waals surface area contributed by atoms with Gasteiger partial charge in [0.2, 0.25) is 0 Å². The van der Waals surface area contributed by atoms with E-state index in [0.29, 0.717) is 14.8 Å². The Hall–Kier alpha value is -1.26. The zero-order valence-corrected chi connectivity index (χ0v) is 10.2. The monoisotopic (exact) mass is 271 g/mol. The molecular weight excluding hydrogens is 264 g/mol. The zero-order valence-electron chi connectivity index (χ0n) is 8.58. The summed E-state index contributed by atoms with van der Waals surface area (Å²) < 4.78 is 26.3. The van der Waals surface area contributed by atoms with Crippen molar-refractivity contribution in [1.82, 2.24) is 0 Å². The highest BCUT2D eigenvalue weighted by atomic mass is 35.5. The van der Waals surface area contributed by atoms with Gasteiger partial charge in [-0.1, -0.05) is 35.5 Å². The van der Waals surface area contributed by atoms with E-state index in [1.807, 2.05) is 0 Å². The van der Waals surface area contributed by atoms with Gasteiger partial charge in [0.25, 0.3) is 0 Å². The summed E-state index contributed by atoms with van der Waals surface area (Å²) in [5.41, 5.74) is 5.47. The Morgan fingerprint density at radius 1 is 1.06 bits per heavy atom. The largest absolute Gasteiger partial charge is 0.395 e. The summed E-state index contributed by atoms with van der Waals surface area (Å²) in [6.45, 7) is 0. The van der Waals surface area contributed by atoms with Crippen LogP contribution < -0.4 is 5.73 Å². The minimum Gasteiger partial charge on any atom is -0.395 e. The van der Waals surface area contributed by atoms with Crippen molar-refractivity contribution in [3.8, 4) is 0 Å². The van der Waals surface area contributed by atoms with E-state index in [1.165, 1.54) is 6.07 Å². The van der Waals surface area contributed by atoms with Crippen LogP contribution >= 0.6 is 23.4 Å². The topological polar surface area (TPSA) is 26.0 Å². The van der Waals surface area contributed by atoms with Crippen LogP contribution in [0.4, 0.5) is 14.5 Å². The summed E-state index contributed by atoms with van der Waals surface area (Å²) in [6.07, 6.45) is 0. The number of hydrogen-bond donors (Lipinski definition) is 1. The van der Waals surface area contributed by atoms with Gasteiger partial charge in [0.05, 0.1) is 10.7 Å². The number of nitrogen functional groups attached to an aromatic ring is 1. The van der Waals surface area contributed by atoms with Crippen molar-refractivity contribution >= 4 is 29.1 Å². The van der Waals surface area contributed by atoms with Gasteiger partial charge in [-0.05, 0) is 18.2 Å². The van der Waals surface area contributed by atoms with Crippen LogP contribution in [0.25, 0.3) is 0 Å². The Kier molecular flexibility index (Phi) is 3.54. The standard InChI is InChI=1S/C12H8ClF2NS/c13-8-3-1-2-4-10(8)17-11-6-7(14)5-9(15)12(11)16/h1-6H,16H2. The van der Waals surface area contributed by atoms with Gasteiger partial charge in [-0.25, -0.2) is 8.78 Å². The Morgan fingerprint density at radius 3 is 2.47 bits per heavy atom. The maximum absolute atomic E-state index is 13.2. The first-order valence-corrected chi connectivity index (χ1v) is 5.94. The lowest BCUT2D eigenvalue weighted by atomic mass is 10.3. The van der Waals surface area contributed by atoms with E-state index in [2.05, 4.69) is 0 Å². The summed E-state index contributed by atoms with van der Waals surface area (Å²) in [5.74, 6) is -1.43. The van der Waals surface area contributed by atoms with E-state index in [1.54, 1.807) is 24.3 Å². The Balaban J connectivity index is 2.40. The van der Waals surface area contributed by atoms with Gasteiger partial charge in [-0.2, -0.15) is 0 Å². The van der Waals surface area contributed by atoms with Crippen molar-refractivity contribution in [1.29, 1.82) is 0 Å². The third kappa shape index (κ3) is 2.70. The highest BCUT2D eigenvalue weighted by Gasteiger charge is 2.10. The molecule has 0 radical (unpaired) electrons. The fraction of sp³-hybridized carbons (Fsp3) is 0. The summed E-state index contributed by atoms with van der Waals surface area (Å²) in [5, 5.41) is 0.515. The van der Waals surface area contributed by atoms with Crippen LogP contribution in [0.5, 0.6) is 0 Å². The Bertz CT molecular complexity index is 560. The second kappa shape index (κ2) is 4.94. The maximum Gasteiger partial charge on any atom is 0.150 e. The van der Waals surface area contributed by atoms with Crippen LogP contribution in [0.3, 0.4) is 0 Å². The van der Waals surface area contributed by atoms with E-state index >= 15 is 0 Å². The van der Waals surface area contributed by atoms with Crippen molar-refractivity contribution < 1.29 is 8.78 Å². The average molecular weight is 272 g/mol. The normalized spacial score (nSPS) is 10.5. The predicted octanol–water partition coefficient (Wildman–Crippen LogP) is 4.35. The molecule has 0 unspecified atom stereocenters. The van der Waals surface area contributed by atoms with Gasteiger partial charge in [-0.3, -0.25) is 0 Å². The molecule has 0 aliphatic carbocycles. The molecule has 2 rings (SSSR count). The minimum atomic E-state index is -0.764. The molecule has 0 spiro atoms. The molecule has 0 aliphatic rings. The molecule has 2 aromatic rings. The highest BCUT2D eigenvalue weighted by molar-refractivity contribution is 7.99. The molecule has 0 saturated heterocycles. The molecular formula is C12H8ClF2NS. The van der Waals surface area contributed by atoms with Crippen molar-refractivity contribution in [2.24, 2.45) is 0 Å². The molecule has 0 aliphatic heterocycles. The van der Waals surface area contributed by atoms with E-state index in [-0.39, 0.29) is 5.69 Å². The van der Waals surface area contributed by atoms with Crippen LogP contribution in [0, 0.1) is 11.6 Å². The molecule has 0 aromatic heterocycles. The number of anilines is 1. The van der Waals surface area contributed by atoms with Crippen LogP contribution in [0.1, 0.15) is 0 Å². The first-order valence-electron chi connectivity index (χ1n) is 4.75. The molecule has 2 aromatic carbocycles. The molecule has 0 atom stereocenters. The van der Waals surface area contributed by atoms with Gasteiger partial charge in [0.15, 0.2) is 0 Å². The van der Waals surface area contributed by atoms with E-state index in [0.717, 1.165) is 17.8 Å². The minimum absolute atomic E-state index is 0.0729. The second-order valence-corrected chi connectivity index (χ2v) is 4.82. The molecule has 2 N–H and O–H groups in total. The van der Waals surface area contributed by atoms with E-state index in [9.17, 15) is 8.78 Å². The van der Waals surface area contributed by atoms with Gasteiger partial charge < -0.3 is 5.73 Å². The molecule has 1 nitrogen and oxygen atoms in total. The Labute approximate surface area is 107 Å². The van der Waals surface area contributed by atoms with E-state index < -0.39 is 11.6 Å². The first kappa shape index (κ1) is 12.2. The number of benzene rings is 2. The lowest BCUT2D eigenvalue weighted by Gasteiger charge is -2.07. The zero-order chi connectivity index (χ0) is 12.4. The van der Waals surface area contributed by atoms with E-state index in [4.69, 9.17) is 17.3 Å². The van der Waals surface area contributed by atoms with Crippen LogP contribution in [0.2, 0.25) is 5.02 Å². The number of halogens is 3. The van der Waals surface area contributed by atoms with Gasteiger partial charge in [-0.15, -0.1) is 0 Å². The number of hydrogen-bond acceptors (Lipinski definition) is 2. The third-order valence-corrected chi connectivity index (χ3v) is 3.69. The van der Waals surface area contributed by atoms with Gasteiger partial charge >= 0.3 is 0 Å². The highest BCUT2D eigenvalue weighted by Crippen LogP contribution is 2.37. The maximum atomic E-state index is 13.2. The fourth-order valence-corrected chi connectivity index (χ4v) is 2.47. The summed E-state index contributed by atoms with van der Waals surface area (Å²) in [4.78, 5) is 1.02. The van der Waals surface area contributed by atoms with Crippen molar-refractivity contribution in [3.05, 3.63) is 53.1 Å². The smallest absolute Gasteiger partial charge is 0.150 e. The molecule has 0 fully saturated rings. The lowest BCUT2D eigenvalue weighted by Crippen LogP contribution is -1.95. The average Bonchev–Trinajstić information content (AvgIpc) is 2.28. The summed E-state index contributed by atoms with van der Waals surface area (Å²) in [6, 6.07) is 8.98. The van der Waals surface area contributed by atoms with Crippen LogP contribution in [-0.4, -0.2) is 0 Å². The lowest BCUT2D eigenvalue weighted by molar-refractivity contribution is 0.581. The number of nitrogens with two attached hydrogens (primary N) is 1. The van der Waals surface area contributed by atoms with Crippen molar-refractivity contribution in [3.63, 3.8) is 0 Å². The third-order valence-electron chi connectivity index (χ3n) is 2.11. The van der Waals surface area contributed by atoms with Gasteiger partial charge in [0, 0.05) is 15.9 Å². The molecule has 88 valence electrons. The summed E-state index contributed by atoms with van der Waals surface area (Å²) >= 11 is 7.09. The Morgan fingerprint density at radius 2 is 1.76 bits per heavy atom. The van der Waals surface area contributed by atoms with Crippen molar-refractivity contribution in [2.75, 3.05) is 5.73 Å². The second-order valence-electron chi connectivity index (χ2n) is 3.33. The molecule has 0 saturated carbocycles. The van der Waals surface area contributed by atoms with Crippen LogP contribution in [-0.2, 0) is 0 Å². The molecule has 0 bridgehead atoms. The quantitative estimate of drug-likeness (QED) is 0.822. The molecule has 5 heteroatoms. The molecule has 17 heavy (non-hydrogen) atoms. The fourth-order valence-electron chi connectivity index (χ4n) is 1.29. The van der Waals surface area contributed by atoms with Crippen molar-refractivity contribution in [2.45, 2.75) is 9.79 Å². The van der Waals surface area contributed by atoms with Gasteiger partial charge in [0.1, 0.15) is 11.6 Å². The molecule has 0 heterocycles. The first-order chi connectivity index (χ1) is 8.08. The predicted molar refractivity (Wildman–Crippen MR) is 66.3 cm³/mol. The molecule has 0 amide bonds. The van der Waals surface area contributed by atoms with Crippen LogP contribution in [0.15, 0.2) is 46.2 Å². The number of rotatable bonds is 2.